The van der Waals surface area contributed by atoms with Crippen molar-refractivity contribution in [2.24, 2.45) is 5.73 Å². The highest BCUT2D eigenvalue weighted by Gasteiger charge is 2.35. The van der Waals surface area contributed by atoms with Crippen LogP contribution in [0.4, 0.5) is 13.2 Å². The molecule has 90 valence electrons. The molecule has 16 heavy (non-hydrogen) atoms. The second-order valence-electron chi connectivity index (χ2n) is 3.71. The Bertz CT molecular complexity index is 363. The van der Waals surface area contributed by atoms with Crippen LogP contribution in [0.15, 0.2) is 18.2 Å². The first kappa shape index (κ1) is 12.8. The van der Waals surface area contributed by atoms with Gasteiger partial charge in [0, 0.05) is 5.56 Å². The van der Waals surface area contributed by atoms with Gasteiger partial charge in [0.1, 0.15) is 5.75 Å². The van der Waals surface area contributed by atoms with Crippen LogP contribution in [-0.4, -0.2) is 11.7 Å². The van der Waals surface area contributed by atoms with Gasteiger partial charge in [0.15, 0.2) is 0 Å². The number of halogens is 3. The zero-order valence-electron chi connectivity index (χ0n) is 8.88. The fraction of sp³-hybridized carbons (Fsp3) is 0.455. The number of benzene rings is 1. The van der Waals surface area contributed by atoms with Crippen molar-refractivity contribution in [3.8, 4) is 5.75 Å². The molecule has 0 fully saturated rings. The largest absolute Gasteiger partial charge is 0.508 e. The third-order valence-corrected chi connectivity index (χ3v) is 2.48. The summed E-state index contributed by atoms with van der Waals surface area (Å²) in [7, 11) is 0. The Morgan fingerprint density at radius 1 is 1.38 bits per heavy atom. The number of alkyl halides is 3. The lowest BCUT2D eigenvalue weighted by atomic mass is 9.92. The Morgan fingerprint density at radius 3 is 2.50 bits per heavy atom. The minimum Gasteiger partial charge on any atom is -0.508 e. The molecule has 0 amide bonds. The summed E-state index contributed by atoms with van der Waals surface area (Å²) in [5.41, 5.74) is 4.46. The third-order valence-electron chi connectivity index (χ3n) is 2.48. The molecule has 0 spiro atoms. The van der Waals surface area contributed by atoms with E-state index in [1.807, 2.05) is 0 Å². The lowest BCUT2D eigenvalue weighted by molar-refractivity contribution is -0.138. The highest BCUT2D eigenvalue weighted by atomic mass is 19.4. The second-order valence-corrected chi connectivity index (χ2v) is 3.71. The van der Waals surface area contributed by atoms with Crippen LogP contribution in [0.3, 0.4) is 0 Å². The summed E-state index contributed by atoms with van der Waals surface area (Å²) in [6.07, 6.45) is -4.04. The summed E-state index contributed by atoms with van der Waals surface area (Å²) >= 11 is 0. The molecule has 0 heterocycles. The van der Waals surface area contributed by atoms with E-state index in [1.165, 1.54) is 12.1 Å². The molecule has 0 aromatic heterocycles. The molecule has 0 aliphatic heterocycles. The van der Waals surface area contributed by atoms with Gasteiger partial charge in [-0.25, -0.2) is 0 Å². The Balaban J connectivity index is 3.24. The molecule has 0 bridgehead atoms. The number of rotatable bonds is 3. The summed E-state index contributed by atoms with van der Waals surface area (Å²) < 4.78 is 38.1. The fourth-order valence-electron chi connectivity index (χ4n) is 1.71. The number of phenolic OH excluding ortho intramolecular Hbond substituents is 1. The Morgan fingerprint density at radius 2 is 2.00 bits per heavy atom. The van der Waals surface area contributed by atoms with Gasteiger partial charge < -0.3 is 10.8 Å². The van der Waals surface area contributed by atoms with E-state index in [0.717, 1.165) is 6.07 Å². The molecular formula is C11H14F3NO. The maximum atomic E-state index is 12.7. The molecule has 0 aliphatic rings. The van der Waals surface area contributed by atoms with Crippen molar-refractivity contribution in [1.82, 2.24) is 0 Å². The molecule has 0 radical (unpaired) electrons. The summed E-state index contributed by atoms with van der Waals surface area (Å²) in [5, 5.41) is 9.51. The molecule has 0 aliphatic carbocycles. The van der Waals surface area contributed by atoms with Crippen LogP contribution < -0.4 is 5.73 Å². The highest BCUT2D eigenvalue weighted by molar-refractivity contribution is 5.43. The van der Waals surface area contributed by atoms with Gasteiger partial charge in [0.2, 0.25) is 0 Å². The Labute approximate surface area is 91.9 Å². The summed E-state index contributed by atoms with van der Waals surface area (Å²) in [5.74, 6) is -0.737. The maximum absolute atomic E-state index is 12.7. The second kappa shape index (κ2) is 4.74. The van der Waals surface area contributed by atoms with E-state index in [-0.39, 0.29) is 17.9 Å². The number of hydrogen-bond donors (Lipinski definition) is 2. The average Bonchev–Trinajstić information content (AvgIpc) is 2.16. The molecule has 0 saturated heterocycles. The average molecular weight is 233 g/mol. The van der Waals surface area contributed by atoms with Gasteiger partial charge in [-0.2, -0.15) is 13.2 Å². The maximum Gasteiger partial charge on any atom is 0.416 e. The topological polar surface area (TPSA) is 46.2 Å². The Hall–Kier alpha value is -1.23. The molecule has 1 aromatic carbocycles. The molecule has 1 aromatic rings. The molecule has 1 atom stereocenters. The first-order chi connectivity index (χ1) is 7.38. The number of nitrogens with two attached hydrogens (primary N) is 1. The van der Waals surface area contributed by atoms with Gasteiger partial charge in [-0.15, -0.1) is 0 Å². The van der Waals surface area contributed by atoms with Gasteiger partial charge in [-0.3, -0.25) is 0 Å². The first-order valence-electron chi connectivity index (χ1n) is 4.97. The van der Waals surface area contributed by atoms with Crippen molar-refractivity contribution < 1.29 is 18.3 Å². The zero-order valence-corrected chi connectivity index (χ0v) is 8.88. The lowest BCUT2D eigenvalue weighted by Crippen LogP contribution is -2.13. The predicted octanol–water partition coefficient (Wildman–Crippen LogP) is 2.86. The zero-order chi connectivity index (χ0) is 12.3. The normalized spacial score (nSPS) is 13.8. The van der Waals surface area contributed by atoms with Gasteiger partial charge in [0.05, 0.1) is 5.56 Å². The summed E-state index contributed by atoms with van der Waals surface area (Å²) in [6, 6.07) is 3.43. The fourth-order valence-corrected chi connectivity index (χ4v) is 1.71. The standard InChI is InChI=1S/C11H14F3NO/c1-7(5-6-15)10-8(11(12,13)14)3-2-4-9(10)16/h2-4,7,16H,5-6,15H2,1H3. The number of aromatic hydroxyl groups is 1. The van der Waals surface area contributed by atoms with Crippen LogP contribution in [0.25, 0.3) is 0 Å². The van der Waals surface area contributed by atoms with E-state index < -0.39 is 17.7 Å². The third kappa shape index (κ3) is 2.66. The molecule has 3 N–H and O–H groups in total. The SMILES string of the molecule is CC(CCN)c1c(O)cccc1C(F)(F)F. The van der Waals surface area contributed by atoms with Crippen molar-refractivity contribution >= 4 is 0 Å². The van der Waals surface area contributed by atoms with Crippen molar-refractivity contribution in [2.45, 2.75) is 25.4 Å². The summed E-state index contributed by atoms with van der Waals surface area (Å²) in [4.78, 5) is 0. The van der Waals surface area contributed by atoms with E-state index in [2.05, 4.69) is 0 Å². The van der Waals surface area contributed by atoms with Crippen LogP contribution >= 0.6 is 0 Å². The van der Waals surface area contributed by atoms with Gasteiger partial charge in [0.25, 0.3) is 0 Å². The van der Waals surface area contributed by atoms with Crippen molar-refractivity contribution in [2.75, 3.05) is 6.54 Å². The minimum absolute atomic E-state index is 0.0690. The van der Waals surface area contributed by atoms with Crippen LogP contribution in [0.5, 0.6) is 5.75 Å². The van der Waals surface area contributed by atoms with E-state index >= 15 is 0 Å². The van der Waals surface area contributed by atoms with E-state index in [9.17, 15) is 18.3 Å². The Kier molecular flexibility index (Phi) is 3.80. The van der Waals surface area contributed by atoms with Crippen LogP contribution in [-0.2, 0) is 6.18 Å². The molecule has 2 nitrogen and oxygen atoms in total. The lowest BCUT2D eigenvalue weighted by Gasteiger charge is -2.19. The predicted molar refractivity (Wildman–Crippen MR) is 55.2 cm³/mol. The molecular weight excluding hydrogens is 219 g/mol. The molecule has 5 heteroatoms. The van der Waals surface area contributed by atoms with Crippen LogP contribution in [0, 0.1) is 0 Å². The van der Waals surface area contributed by atoms with Gasteiger partial charge >= 0.3 is 6.18 Å². The number of phenols is 1. The monoisotopic (exact) mass is 233 g/mol. The quantitative estimate of drug-likeness (QED) is 0.843. The van der Waals surface area contributed by atoms with Crippen molar-refractivity contribution in [1.29, 1.82) is 0 Å². The molecule has 1 rings (SSSR count). The van der Waals surface area contributed by atoms with Crippen LogP contribution in [0.1, 0.15) is 30.4 Å². The van der Waals surface area contributed by atoms with E-state index in [1.54, 1.807) is 6.92 Å². The summed E-state index contributed by atoms with van der Waals surface area (Å²) in [6.45, 7) is 1.91. The highest BCUT2D eigenvalue weighted by Crippen LogP contribution is 2.40. The molecule has 0 saturated carbocycles. The van der Waals surface area contributed by atoms with Crippen molar-refractivity contribution in [3.05, 3.63) is 29.3 Å². The van der Waals surface area contributed by atoms with Crippen molar-refractivity contribution in [3.63, 3.8) is 0 Å². The molecule has 1 unspecified atom stereocenters. The smallest absolute Gasteiger partial charge is 0.416 e. The van der Waals surface area contributed by atoms with Crippen LogP contribution in [0.2, 0.25) is 0 Å². The van der Waals surface area contributed by atoms with Gasteiger partial charge in [-0.1, -0.05) is 13.0 Å². The number of hydrogen-bond acceptors (Lipinski definition) is 2. The van der Waals surface area contributed by atoms with E-state index in [0.29, 0.717) is 6.42 Å². The van der Waals surface area contributed by atoms with E-state index in [4.69, 9.17) is 5.73 Å². The minimum atomic E-state index is -4.45. The first-order valence-corrected chi connectivity index (χ1v) is 4.97. The van der Waals surface area contributed by atoms with Gasteiger partial charge in [-0.05, 0) is 31.0 Å².